The van der Waals surface area contributed by atoms with Gasteiger partial charge in [0.05, 0.1) is 24.2 Å². The van der Waals surface area contributed by atoms with E-state index in [2.05, 4.69) is 10.6 Å². The van der Waals surface area contributed by atoms with Crippen LogP contribution in [0, 0.1) is 5.92 Å². The van der Waals surface area contributed by atoms with Crippen LogP contribution in [-0.4, -0.2) is 52.3 Å². The number of rotatable bonds is 14. The largest absolute Gasteiger partial charge is 0.478 e. The van der Waals surface area contributed by atoms with E-state index in [0.29, 0.717) is 23.5 Å². The minimum absolute atomic E-state index is 0.0285. The van der Waals surface area contributed by atoms with Gasteiger partial charge in [-0.15, -0.1) is 0 Å². The van der Waals surface area contributed by atoms with Crippen LogP contribution in [-0.2, 0) is 9.59 Å². The number of aromatic carboxylic acids is 1. The Bertz CT molecular complexity index is 1010. The molecule has 0 saturated carbocycles. The van der Waals surface area contributed by atoms with E-state index >= 15 is 0 Å². The van der Waals surface area contributed by atoms with E-state index in [-0.39, 0.29) is 24.2 Å². The summed E-state index contributed by atoms with van der Waals surface area (Å²) in [5.74, 6) is -2.73. The lowest BCUT2D eigenvalue weighted by atomic mass is 9.90. The Balaban J connectivity index is 2.11. The number of hydrogen-bond donors (Lipinski definition) is 4. The predicted octanol–water partition coefficient (Wildman–Crippen LogP) is 3.68. The third-order valence-electron chi connectivity index (χ3n) is 5.85. The summed E-state index contributed by atoms with van der Waals surface area (Å²) in [6.45, 7) is 3.62. The molecule has 0 unspecified atom stereocenters. The highest BCUT2D eigenvalue weighted by Gasteiger charge is 2.30. The number of nitrogens with zero attached hydrogens (tertiary/aromatic N) is 1. The van der Waals surface area contributed by atoms with Gasteiger partial charge in [0.2, 0.25) is 12.3 Å². The van der Waals surface area contributed by atoms with Gasteiger partial charge in [-0.25, -0.2) is 9.86 Å². The van der Waals surface area contributed by atoms with Gasteiger partial charge in [0, 0.05) is 5.56 Å². The topological polar surface area (TPSA) is 136 Å². The molecule has 3 amide bonds. The van der Waals surface area contributed by atoms with Crippen molar-refractivity contribution in [2.24, 2.45) is 5.92 Å². The quantitative estimate of drug-likeness (QED) is 0.106. The minimum Gasteiger partial charge on any atom is -0.478 e. The van der Waals surface area contributed by atoms with E-state index in [0.717, 1.165) is 24.8 Å². The second kappa shape index (κ2) is 13.9. The molecule has 2 aromatic rings. The number of carbonyl (C=O) groups excluding carboxylic acids is 3. The SMILES string of the molecule is CCCCC[C@@H](C(=O)NCNC(=O)c1cc(C(=O)O)cc(-c2ccccc2)c1)[C@@H](CC)N(O)C=O. The standard InChI is InChI=1S/C26H33N3O6/c1-3-5-7-12-22(23(4-2)29(35)17-30)25(32)28-16-27-24(31)20-13-19(14-21(15-20)26(33)34)18-10-8-6-9-11-18/h6,8-11,13-15,17,22-23,35H,3-5,7,12,16H2,1-2H3,(H,27,31)(H,28,32)(H,33,34)/t22-,23-/m1/s1. The third-order valence-corrected chi connectivity index (χ3v) is 5.85. The first-order valence-corrected chi connectivity index (χ1v) is 11.7. The summed E-state index contributed by atoms with van der Waals surface area (Å²) in [6, 6.07) is 12.8. The highest BCUT2D eigenvalue weighted by molar-refractivity contribution is 5.99. The molecule has 188 valence electrons. The second-order valence-corrected chi connectivity index (χ2v) is 8.26. The van der Waals surface area contributed by atoms with Gasteiger partial charge in [-0.2, -0.15) is 0 Å². The molecule has 0 aliphatic rings. The van der Waals surface area contributed by atoms with Crippen molar-refractivity contribution in [3.05, 3.63) is 59.7 Å². The van der Waals surface area contributed by atoms with Crippen molar-refractivity contribution in [1.82, 2.24) is 15.7 Å². The maximum absolute atomic E-state index is 12.9. The number of carbonyl (C=O) groups is 4. The van der Waals surface area contributed by atoms with Crippen LogP contribution in [0.3, 0.4) is 0 Å². The fraction of sp³-hybridized carbons (Fsp3) is 0.385. The molecule has 0 fully saturated rings. The molecule has 4 N–H and O–H groups in total. The summed E-state index contributed by atoms with van der Waals surface area (Å²) in [5, 5.41) is 25.1. The Morgan fingerprint density at radius 2 is 1.66 bits per heavy atom. The summed E-state index contributed by atoms with van der Waals surface area (Å²) in [6.07, 6.45) is 3.78. The predicted molar refractivity (Wildman–Crippen MR) is 131 cm³/mol. The molecule has 2 atom stereocenters. The van der Waals surface area contributed by atoms with Crippen molar-refractivity contribution in [2.75, 3.05) is 6.67 Å². The van der Waals surface area contributed by atoms with Gasteiger partial charge >= 0.3 is 5.97 Å². The molecule has 0 bridgehead atoms. The third kappa shape index (κ3) is 7.92. The zero-order valence-corrected chi connectivity index (χ0v) is 20.1. The Morgan fingerprint density at radius 3 is 2.26 bits per heavy atom. The van der Waals surface area contributed by atoms with Crippen molar-refractivity contribution in [3.63, 3.8) is 0 Å². The normalized spacial score (nSPS) is 12.3. The molecular weight excluding hydrogens is 450 g/mol. The van der Waals surface area contributed by atoms with Crippen LogP contribution >= 0.6 is 0 Å². The van der Waals surface area contributed by atoms with E-state index < -0.39 is 29.7 Å². The first kappa shape index (κ1) is 27.5. The molecule has 9 heteroatoms. The number of carboxylic acids is 1. The van der Waals surface area contributed by atoms with Crippen LogP contribution in [0.5, 0.6) is 0 Å². The molecule has 0 radical (unpaired) electrons. The van der Waals surface area contributed by atoms with Gasteiger partial charge in [0.1, 0.15) is 0 Å². The van der Waals surface area contributed by atoms with Gasteiger partial charge in [-0.05, 0) is 42.2 Å². The van der Waals surface area contributed by atoms with Gasteiger partial charge in [-0.3, -0.25) is 19.6 Å². The lowest BCUT2D eigenvalue weighted by Crippen LogP contribution is -2.47. The Labute approximate surface area is 205 Å². The lowest BCUT2D eigenvalue weighted by molar-refractivity contribution is -0.168. The van der Waals surface area contributed by atoms with Crippen LogP contribution in [0.1, 0.15) is 66.7 Å². The lowest BCUT2D eigenvalue weighted by Gasteiger charge is -2.29. The Morgan fingerprint density at radius 1 is 0.971 bits per heavy atom. The van der Waals surface area contributed by atoms with Crippen LogP contribution in [0.25, 0.3) is 11.1 Å². The zero-order valence-electron chi connectivity index (χ0n) is 20.1. The smallest absolute Gasteiger partial charge is 0.335 e. The summed E-state index contributed by atoms with van der Waals surface area (Å²) in [5.41, 5.74) is 1.46. The van der Waals surface area contributed by atoms with Crippen LogP contribution in [0.2, 0.25) is 0 Å². The van der Waals surface area contributed by atoms with E-state index in [1.54, 1.807) is 13.0 Å². The molecule has 0 spiro atoms. The van der Waals surface area contributed by atoms with Crippen LogP contribution in [0.15, 0.2) is 48.5 Å². The van der Waals surface area contributed by atoms with E-state index in [4.69, 9.17) is 0 Å². The second-order valence-electron chi connectivity index (χ2n) is 8.26. The van der Waals surface area contributed by atoms with Crippen LogP contribution < -0.4 is 10.6 Å². The number of carboxylic acid groups (broad SMARTS) is 1. The van der Waals surface area contributed by atoms with Gasteiger partial charge < -0.3 is 15.7 Å². The maximum Gasteiger partial charge on any atom is 0.335 e. The summed E-state index contributed by atoms with van der Waals surface area (Å²) < 4.78 is 0. The zero-order chi connectivity index (χ0) is 25.8. The highest BCUT2D eigenvalue weighted by Crippen LogP contribution is 2.23. The average Bonchev–Trinajstić information content (AvgIpc) is 2.88. The fourth-order valence-electron chi connectivity index (χ4n) is 3.97. The van der Waals surface area contributed by atoms with Gasteiger partial charge in [-0.1, -0.05) is 63.4 Å². The fourth-order valence-corrected chi connectivity index (χ4v) is 3.97. The molecule has 2 rings (SSSR count). The van der Waals surface area contributed by atoms with Crippen LogP contribution in [0.4, 0.5) is 0 Å². The first-order chi connectivity index (χ1) is 16.8. The number of benzene rings is 2. The van der Waals surface area contributed by atoms with E-state index in [9.17, 15) is 29.5 Å². The van der Waals surface area contributed by atoms with Crippen molar-refractivity contribution >= 4 is 24.2 Å². The average molecular weight is 484 g/mol. The highest BCUT2D eigenvalue weighted by atomic mass is 16.5. The number of amides is 3. The molecule has 9 nitrogen and oxygen atoms in total. The number of hydrogen-bond acceptors (Lipinski definition) is 5. The van der Waals surface area contributed by atoms with Crippen molar-refractivity contribution < 1.29 is 29.5 Å². The van der Waals surface area contributed by atoms with Crippen molar-refractivity contribution in [3.8, 4) is 11.1 Å². The summed E-state index contributed by atoms with van der Waals surface area (Å²) in [4.78, 5) is 48.3. The van der Waals surface area contributed by atoms with Gasteiger partial charge in [0.25, 0.3) is 5.91 Å². The van der Waals surface area contributed by atoms with E-state index in [1.807, 2.05) is 37.3 Å². The molecule has 35 heavy (non-hydrogen) atoms. The Hall–Kier alpha value is -3.72. The minimum atomic E-state index is -1.16. The molecule has 0 aliphatic heterocycles. The molecular formula is C26H33N3O6. The molecule has 0 saturated heterocycles. The van der Waals surface area contributed by atoms with Crippen molar-refractivity contribution in [1.29, 1.82) is 0 Å². The first-order valence-electron chi connectivity index (χ1n) is 11.7. The molecule has 0 aliphatic carbocycles. The monoisotopic (exact) mass is 483 g/mol. The maximum atomic E-state index is 12.9. The molecule has 2 aromatic carbocycles. The number of hydroxylamine groups is 2. The number of unbranched alkanes of at least 4 members (excludes halogenated alkanes) is 2. The molecule has 0 aromatic heterocycles. The number of nitrogens with one attached hydrogen (secondary N) is 2. The van der Waals surface area contributed by atoms with E-state index in [1.165, 1.54) is 12.1 Å². The van der Waals surface area contributed by atoms with Gasteiger partial charge in [0.15, 0.2) is 0 Å². The van der Waals surface area contributed by atoms with Crippen molar-refractivity contribution in [2.45, 2.75) is 52.0 Å². The summed E-state index contributed by atoms with van der Waals surface area (Å²) >= 11 is 0. The summed E-state index contributed by atoms with van der Waals surface area (Å²) in [7, 11) is 0. The molecule has 0 heterocycles. The Kier molecular flexibility index (Phi) is 10.9.